The molecule has 0 amide bonds. The summed E-state index contributed by atoms with van der Waals surface area (Å²) in [5.74, 6) is 0. The van der Waals surface area contributed by atoms with Crippen molar-refractivity contribution in [1.82, 2.24) is 4.90 Å². The Morgan fingerprint density at radius 2 is 2.00 bits per heavy atom. The third kappa shape index (κ3) is 4.63. The average Bonchev–Trinajstić information content (AvgIpc) is 2.85. The van der Waals surface area contributed by atoms with Crippen LogP contribution >= 0.6 is 43.2 Å². The molecule has 0 fully saturated rings. The Labute approximate surface area is 147 Å². The molecule has 0 aliphatic carbocycles. The molecule has 0 saturated heterocycles. The first-order chi connectivity index (χ1) is 10.0. The van der Waals surface area contributed by atoms with E-state index in [1.54, 1.807) is 11.3 Å². The molecule has 1 aromatic carbocycles. The van der Waals surface area contributed by atoms with Crippen LogP contribution in [-0.2, 0) is 6.54 Å². The molecule has 21 heavy (non-hydrogen) atoms. The highest BCUT2D eigenvalue weighted by atomic mass is 79.9. The van der Waals surface area contributed by atoms with Crippen molar-refractivity contribution < 1.29 is 0 Å². The molecule has 2 rings (SSSR count). The second-order valence-electron chi connectivity index (χ2n) is 5.23. The smallest absolute Gasteiger partial charge is 0.0594 e. The number of hydrogen-bond donors (Lipinski definition) is 1. The first-order valence-corrected chi connectivity index (χ1v) is 9.42. The summed E-state index contributed by atoms with van der Waals surface area (Å²) in [5.41, 5.74) is 7.67. The minimum atomic E-state index is 0.132. The Balaban J connectivity index is 2.20. The number of nitrogens with two attached hydrogens (primary N) is 1. The second kappa shape index (κ2) is 7.88. The van der Waals surface area contributed by atoms with Crippen molar-refractivity contribution in [1.29, 1.82) is 0 Å². The SMILES string of the molecule is CCC(N)C(c1cc(Br)cs1)N(C)Cc1cccc(Br)c1. The molecule has 5 heteroatoms. The molecule has 0 radical (unpaired) electrons. The van der Waals surface area contributed by atoms with E-state index in [0.717, 1.165) is 21.9 Å². The number of halogens is 2. The fourth-order valence-corrected chi connectivity index (χ4v) is 4.61. The van der Waals surface area contributed by atoms with Crippen molar-refractivity contribution in [3.05, 3.63) is 55.1 Å². The monoisotopic (exact) mass is 430 g/mol. The van der Waals surface area contributed by atoms with Crippen LogP contribution in [0.3, 0.4) is 0 Å². The van der Waals surface area contributed by atoms with Crippen molar-refractivity contribution in [2.45, 2.75) is 32.0 Å². The van der Waals surface area contributed by atoms with Gasteiger partial charge in [-0.1, -0.05) is 35.0 Å². The van der Waals surface area contributed by atoms with Gasteiger partial charge in [0.05, 0.1) is 6.04 Å². The fraction of sp³-hybridized carbons (Fsp3) is 0.375. The lowest BCUT2D eigenvalue weighted by molar-refractivity contribution is 0.205. The van der Waals surface area contributed by atoms with Crippen LogP contribution in [0.15, 0.2) is 44.7 Å². The van der Waals surface area contributed by atoms with Crippen molar-refractivity contribution in [2.24, 2.45) is 5.73 Å². The lowest BCUT2D eigenvalue weighted by Crippen LogP contribution is -2.38. The number of rotatable bonds is 6. The molecule has 2 nitrogen and oxygen atoms in total. The molecule has 2 unspecified atom stereocenters. The molecule has 0 aliphatic rings. The van der Waals surface area contributed by atoms with E-state index in [-0.39, 0.29) is 12.1 Å². The second-order valence-corrected chi connectivity index (χ2v) is 8.00. The van der Waals surface area contributed by atoms with Gasteiger partial charge < -0.3 is 5.73 Å². The van der Waals surface area contributed by atoms with Crippen LogP contribution in [0.5, 0.6) is 0 Å². The maximum atomic E-state index is 6.38. The van der Waals surface area contributed by atoms with Crippen molar-refractivity contribution in [3.8, 4) is 0 Å². The van der Waals surface area contributed by atoms with Crippen molar-refractivity contribution in [2.75, 3.05) is 7.05 Å². The summed E-state index contributed by atoms with van der Waals surface area (Å²) in [4.78, 5) is 3.66. The normalized spacial score (nSPS) is 14.4. The molecule has 0 bridgehead atoms. The molecule has 1 heterocycles. The first-order valence-electron chi connectivity index (χ1n) is 6.95. The van der Waals surface area contributed by atoms with E-state index < -0.39 is 0 Å². The van der Waals surface area contributed by atoms with Gasteiger partial charge in [-0.2, -0.15) is 0 Å². The molecule has 0 aliphatic heterocycles. The van der Waals surface area contributed by atoms with E-state index in [9.17, 15) is 0 Å². The van der Waals surface area contributed by atoms with E-state index in [0.29, 0.717) is 0 Å². The van der Waals surface area contributed by atoms with Crippen LogP contribution in [0, 0.1) is 0 Å². The van der Waals surface area contributed by atoms with Crippen molar-refractivity contribution in [3.63, 3.8) is 0 Å². The van der Waals surface area contributed by atoms with E-state index in [1.807, 2.05) is 0 Å². The fourth-order valence-electron chi connectivity index (χ4n) is 2.48. The largest absolute Gasteiger partial charge is 0.326 e. The third-order valence-electron chi connectivity index (χ3n) is 3.55. The highest BCUT2D eigenvalue weighted by Crippen LogP contribution is 2.32. The van der Waals surface area contributed by atoms with Crippen LogP contribution < -0.4 is 5.73 Å². The zero-order chi connectivity index (χ0) is 15.4. The third-order valence-corrected chi connectivity index (χ3v) is 5.81. The summed E-state index contributed by atoms with van der Waals surface area (Å²) in [7, 11) is 2.15. The van der Waals surface area contributed by atoms with Crippen LogP contribution in [0.1, 0.15) is 29.8 Å². The standard InChI is InChI=1S/C16H20Br2N2S/c1-3-14(19)16(15-8-13(18)10-21-15)20(2)9-11-5-4-6-12(17)7-11/h4-8,10,14,16H,3,9,19H2,1-2H3. The summed E-state index contributed by atoms with van der Waals surface area (Å²) < 4.78 is 2.25. The summed E-state index contributed by atoms with van der Waals surface area (Å²) >= 11 is 8.84. The molecule has 2 atom stereocenters. The van der Waals surface area contributed by atoms with Gasteiger partial charge in [0.25, 0.3) is 0 Å². The highest BCUT2D eigenvalue weighted by molar-refractivity contribution is 9.10. The molecule has 0 saturated carbocycles. The number of benzene rings is 1. The summed E-state index contributed by atoms with van der Waals surface area (Å²) in [6.45, 7) is 3.03. The number of thiophene rings is 1. The summed E-state index contributed by atoms with van der Waals surface area (Å²) in [6.07, 6.45) is 0.961. The van der Waals surface area contributed by atoms with Gasteiger partial charge in [0.15, 0.2) is 0 Å². The Morgan fingerprint density at radius 1 is 1.24 bits per heavy atom. The maximum Gasteiger partial charge on any atom is 0.0594 e. The zero-order valence-electron chi connectivity index (χ0n) is 12.2. The topological polar surface area (TPSA) is 29.3 Å². The zero-order valence-corrected chi connectivity index (χ0v) is 16.2. The van der Waals surface area contributed by atoms with Crippen LogP contribution in [0.4, 0.5) is 0 Å². The molecule has 2 aromatic rings. The Kier molecular flexibility index (Phi) is 6.44. The minimum Gasteiger partial charge on any atom is -0.326 e. The summed E-state index contributed by atoms with van der Waals surface area (Å²) in [6, 6.07) is 11.0. The molecule has 2 N–H and O–H groups in total. The predicted octanol–water partition coefficient (Wildman–Crippen LogP) is 5.18. The number of likely N-dealkylation sites (N-methyl/N-ethyl adjacent to an activating group) is 1. The average molecular weight is 432 g/mol. The molecular formula is C16H20Br2N2S. The Hall–Kier alpha value is -0.200. The van der Waals surface area contributed by atoms with Crippen LogP contribution in [0.25, 0.3) is 0 Å². The van der Waals surface area contributed by atoms with Crippen LogP contribution in [0.2, 0.25) is 0 Å². The minimum absolute atomic E-state index is 0.132. The van der Waals surface area contributed by atoms with Crippen molar-refractivity contribution >= 4 is 43.2 Å². The Bertz CT molecular complexity index is 585. The van der Waals surface area contributed by atoms with E-state index in [1.165, 1.54) is 10.4 Å². The quantitative estimate of drug-likeness (QED) is 0.682. The van der Waals surface area contributed by atoms with Gasteiger partial charge in [-0.25, -0.2) is 0 Å². The molecule has 114 valence electrons. The molecular weight excluding hydrogens is 412 g/mol. The van der Waals surface area contributed by atoms with E-state index >= 15 is 0 Å². The number of nitrogens with zero attached hydrogens (tertiary/aromatic N) is 1. The van der Waals surface area contributed by atoms with Gasteiger partial charge in [-0.3, -0.25) is 4.90 Å². The highest BCUT2D eigenvalue weighted by Gasteiger charge is 2.24. The van der Waals surface area contributed by atoms with E-state index in [2.05, 4.69) is 86.4 Å². The maximum absolute atomic E-state index is 6.38. The number of hydrogen-bond acceptors (Lipinski definition) is 3. The van der Waals surface area contributed by atoms with Gasteiger partial charge in [-0.15, -0.1) is 11.3 Å². The van der Waals surface area contributed by atoms with E-state index in [4.69, 9.17) is 5.73 Å². The first kappa shape index (κ1) is 17.2. The predicted molar refractivity (Wildman–Crippen MR) is 98.6 cm³/mol. The lowest BCUT2D eigenvalue weighted by atomic mass is 10.0. The molecule has 1 aromatic heterocycles. The Morgan fingerprint density at radius 3 is 2.57 bits per heavy atom. The molecule has 0 spiro atoms. The van der Waals surface area contributed by atoms with Gasteiger partial charge in [0.1, 0.15) is 0 Å². The van der Waals surface area contributed by atoms with Gasteiger partial charge in [-0.05, 0) is 53.2 Å². The van der Waals surface area contributed by atoms with Gasteiger partial charge >= 0.3 is 0 Å². The van der Waals surface area contributed by atoms with Gasteiger partial charge in [0, 0.05) is 31.8 Å². The van der Waals surface area contributed by atoms with Gasteiger partial charge in [0.2, 0.25) is 0 Å². The van der Waals surface area contributed by atoms with Crippen LogP contribution in [-0.4, -0.2) is 18.0 Å². The lowest BCUT2D eigenvalue weighted by Gasteiger charge is -2.31. The summed E-state index contributed by atoms with van der Waals surface area (Å²) in [5, 5.41) is 2.12.